The van der Waals surface area contributed by atoms with E-state index in [1.807, 2.05) is 6.92 Å². The molecule has 2 N–H and O–H groups in total. The van der Waals surface area contributed by atoms with Crippen LogP contribution in [0.3, 0.4) is 0 Å². The van der Waals surface area contributed by atoms with Crippen molar-refractivity contribution in [3.63, 3.8) is 0 Å². The van der Waals surface area contributed by atoms with Crippen LogP contribution in [0.25, 0.3) is 21.9 Å². The van der Waals surface area contributed by atoms with Crippen LogP contribution in [0.2, 0.25) is 0 Å². The van der Waals surface area contributed by atoms with E-state index in [9.17, 15) is 50.3 Å². The number of benzene rings is 3. The third-order valence-electron chi connectivity index (χ3n) is 11.4. The van der Waals surface area contributed by atoms with Crippen molar-refractivity contribution >= 4 is 39.8 Å². The highest BCUT2D eigenvalue weighted by Crippen LogP contribution is 2.40. The van der Waals surface area contributed by atoms with Crippen LogP contribution in [0, 0.1) is 0 Å². The van der Waals surface area contributed by atoms with Crippen LogP contribution in [0.4, 0.5) is 26.3 Å². The number of carbonyl (C=O) groups excluding carboxylic acids is 3. The summed E-state index contributed by atoms with van der Waals surface area (Å²) in [5.41, 5.74) is -5.31. The molecule has 12 nitrogen and oxygen atoms in total. The van der Waals surface area contributed by atoms with E-state index in [0.29, 0.717) is 56.2 Å². The molecule has 67 heavy (non-hydrogen) atoms. The second-order valence-corrected chi connectivity index (χ2v) is 17.7. The Hall–Kier alpha value is -6.01. The molecule has 5 aromatic rings. The normalized spacial score (nSPS) is 17.8. The highest BCUT2D eigenvalue weighted by molar-refractivity contribution is 5.90. The Balaban J connectivity index is 1.16. The molecule has 0 saturated carbocycles. The van der Waals surface area contributed by atoms with Crippen molar-refractivity contribution in [2.75, 3.05) is 0 Å². The first-order valence-corrected chi connectivity index (χ1v) is 22.0. The molecule has 3 heterocycles. The Kier molecular flexibility index (Phi) is 15.1. The van der Waals surface area contributed by atoms with E-state index in [2.05, 4.69) is 10.6 Å². The van der Waals surface area contributed by atoms with Crippen molar-refractivity contribution in [1.82, 2.24) is 10.6 Å². The Morgan fingerprint density at radius 1 is 0.687 bits per heavy atom. The number of hydrogen-bond acceptors (Lipinski definition) is 12. The lowest BCUT2D eigenvalue weighted by molar-refractivity contribution is -0.137. The highest BCUT2D eigenvalue weighted by atomic mass is 19.4. The topological polar surface area (TPSA) is 163 Å². The second kappa shape index (κ2) is 20.1. The molecule has 0 radical (unpaired) electrons. The summed E-state index contributed by atoms with van der Waals surface area (Å²) in [4.78, 5) is 63.7. The van der Waals surface area contributed by atoms with Gasteiger partial charge in [-0.15, -0.1) is 0 Å². The van der Waals surface area contributed by atoms with Gasteiger partial charge in [0.2, 0.25) is 0 Å². The van der Waals surface area contributed by atoms with Crippen LogP contribution in [0.15, 0.2) is 79.1 Å². The van der Waals surface area contributed by atoms with Crippen LogP contribution in [-0.2, 0) is 45.1 Å². The number of ether oxygens (including phenoxy) is 3. The largest absolute Gasteiger partial charge is 0.456 e. The summed E-state index contributed by atoms with van der Waals surface area (Å²) >= 11 is 0. The van der Waals surface area contributed by atoms with Crippen molar-refractivity contribution in [2.45, 2.75) is 141 Å². The number of alkyl halides is 6. The summed E-state index contributed by atoms with van der Waals surface area (Å²) < 4.78 is 110. The predicted molar refractivity (Wildman–Crippen MR) is 235 cm³/mol. The molecule has 1 aliphatic heterocycles. The lowest BCUT2D eigenvalue weighted by Gasteiger charge is -2.32. The molecule has 0 spiro atoms. The molecule has 6 rings (SSSR count). The first-order chi connectivity index (χ1) is 31.4. The standard InChI is InChI=1S/C49H52F6N2O10/c1-7-11-31-35(23-21-29-33(48(50,51)52)25-41(60)65-43(29)31)63-39(58)15-9-13-37-47(6,28-19-17-27(18-20-28)45(62)67-46(3,4)5)57-38(56-37)14-10-16-40(59)64-36-24-22-30-34(49(53,54)55)26-42(61)66-44(30)32(36)12-8-2/h17-26,37-38,56-57H,7-16H2,1-6H3. The van der Waals surface area contributed by atoms with Crippen LogP contribution in [0.5, 0.6) is 11.5 Å². The molecule has 0 aliphatic carbocycles. The molecule has 18 heteroatoms. The summed E-state index contributed by atoms with van der Waals surface area (Å²) in [5, 5.41) is 6.51. The number of esters is 3. The van der Waals surface area contributed by atoms with Gasteiger partial charge in [0, 0.05) is 52.9 Å². The molecule has 1 aliphatic rings. The van der Waals surface area contributed by atoms with E-state index >= 15 is 0 Å². The summed E-state index contributed by atoms with van der Waals surface area (Å²) in [6.07, 6.45) is -7.55. The molecule has 3 unspecified atom stereocenters. The first-order valence-electron chi connectivity index (χ1n) is 22.0. The maximum Gasteiger partial charge on any atom is 0.417 e. The molecular weight excluding hydrogens is 891 g/mol. The third-order valence-corrected chi connectivity index (χ3v) is 11.4. The van der Waals surface area contributed by atoms with Gasteiger partial charge >= 0.3 is 41.5 Å². The van der Waals surface area contributed by atoms with Gasteiger partial charge in [0.25, 0.3) is 0 Å². The molecular formula is C49H52F6N2O10. The van der Waals surface area contributed by atoms with Gasteiger partial charge in [0.15, 0.2) is 0 Å². The first kappa shape index (κ1) is 50.4. The van der Waals surface area contributed by atoms with Gasteiger partial charge in [-0.25, -0.2) is 14.4 Å². The van der Waals surface area contributed by atoms with Crippen LogP contribution in [-0.4, -0.2) is 35.7 Å². The average Bonchev–Trinajstić information content (AvgIpc) is 3.56. The van der Waals surface area contributed by atoms with Crippen LogP contribution in [0.1, 0.15) is 131 Å². The molecule has 1 saturated heterocycles. The number of rotatable bonds is 16. The number of aryl methyl sites for hydroxylation is 2. The van der Waals surface area contributed by atoms with Gasteiger partial charge in [-0.2, -0.15) is 26.3 Å². The molecule has 1 fully saturated rings. The van der Waals surface area contributed by atoms with E-state index in [0.717, 1.165) is 17.7 Å². The minimum atomic E-state index is -4.82. The quantitative estimate of drug-likeness (QED) is 0.0417. The fraction of sp³-hybridized carbons (Fsp3) is 0.449. The van der Waals surface area contributed by atoms with Crippen molar-refractivity contribution < 1.29 is 63.8 Å². The van der Waals surface area contributed by atoms with E-state index in [4.69, 9.17) is 23.0 Å². The van der Waals surface area contributed by atoms with Gasteiger partial charge < -0.3 is 23.0 Å². The van der Waals surface area contributed by atoms with E-state index in [-0.39, 0.29) is 82.5 Å². The zero-order valence-corrected chi connectivity index (χ0v) is 37.8. The van der Waals surface area contributed by atoms with Gasteiger partial charge in [-0.3, -0.25) is 20.2 Å². The van der Waals surface area contributed by atoms with Crippen LogP contribution >= 0.6 is 0 Å². The van der Waals surface area contributed by atoms with Gasteiger partial charge in [0.05, 0.1) is 28.4 Å². The van der Waals surface area contributed by atoms with Crippen LogP contribution < -0.4 is 31.4 Å². The number of halogens is 6. The summed E-state index contributed by atoms with van der Waals surface area (Å²) in [6, 6.07) is 12.1. The monoisotopic (exact) mass is 942 g/mol. The Labute approximate surface area is 381 Å². The summed E-state index contributed by atoms with van der Waals surface area (Å²) in [7, 11) is 0. The minimum absolute atomic E-state index is 0.00988. The number of hydrogen-bond donors (Lipinski definition) is 2. The van der Waals surface area contributed by atoms with E-state index < -0.39 is 63.8 Å². The van der Waals surface area contributed by atoms with Gasteiger partial charge in [-0.05, 0) is 108 Å². The molecule has 3 atom stereocenters. The summed E-state index contributed by atoms with van der Waals surface area (Å²) in [6.45, 7) is 10.8. The average molecular weight is 943 g/mol. The highest BCUT2D eigenvalue weighted by Gasteiger charge is 2.44. The Morgan fingerprint density at radius 3 is 1.58 bits per heavy atom. The Bertz CT molecular complexity index is 2760. The molecule has 360 valence electrons. The van der Waals surface area contributed by atoms with Crippen molar-refractivity contribution in [2.24, 2.45) is 0 Å². The third kappa shape index (κ3) is 11.9. The van der Waals surface area contributed by atoms with Crippen molar-refractivity contribution in [3.8, 4) is 11.5 Å². The molecule has 3 aromatic carbocycles. The molecule has 0 amide bonds. The minimum Gasteiger partial charge on any atom is -0.456 e. The molecule has 2 aromatic heterocycles. The number of carbonyl (C=O) groups is 3. The van der Waals surface area contributed by atoms with Crippen molar-refractivity contribution in [3.05, 3.63) is 115 Å². The van der Waals surface area contributed by atoms with Crippen molar-refractivity contribution in [1.29, 1.82) is 0 Å². The second-order valence-electron chi connectivity index (χ2n) is 17.7. The zero-order valence-electron chi connectivity index (χ0n) is 37.8. The zero-order chi connectivity index (χ0) is 49.1. The Morgan fingerprint density at radius 2 is 1.15 bits per heavy atom. The maximum absolute atomic E-state index is 13.8. The number of nitrogens with one attached hydrogen (secondary N) is 2. The van der Waals surface area contributed by atoms with Gasteiger partial charge in [0.1, 0.15) is 28.3 Å². The van der Waals surface area contributed by atoms with E-state index in [1.54, 1.807) is 58.9 Å². The smallest absolute Gasteiger partial charge is 0.417 e. The van der Waals surface area contributed by atoms with Gasteiger partial charge in [-0.1, -0.05) is 38.8 Å². The lowest BCUT2D eigenvalue weighted by Crippen LogP contribution is -2.44. The summed E-state index contributed by atoms with van der Waals surface area (Å²) in [5.74, 6) is -1.84. The lowest BCUT2D eigenvalue weighted by atomic mass is 9.83. The predicted octanol–water partition coefficient (Wildman–Crippen LogP) is 10.5. The SMILES string of the molecule is CCCc1c(OC(=O)CCCC2NC(CCCC(=O)Oc3ccc4c(C(F)(F)F)cc(=O)oc4c3CCC)C(C)(c3ccc(C(=O)OC(C)(C)C)cc3)N2)ccc2c(C(F)(F)F)cc(=O)oc12. The maximum atomic E-state index is 13.8. The fourth-order valence-corrected chi connectivity index (χ4v) is 8.43. The molecule has 0 bridgehead atoms. The van der Waals surface area contributed by atoms with E-state index in [1.165, 1.54) is 12.1 Å². The fourth-order valence-electron chi connectivity index (χ4n) is 8.43. The number of fused-ring (bicyclic) bond motifs is 2.